The maximum atomic E-state index is 5.54. The summed E-state index contributed by atoms with van der Waals surface area (Å²) < 4.78 is 5.54. The number of hydrogen-bond donors (Lipinski definition) is 2. The summed E-state index contributed by atoms with van der Waals surface area (Å²) in [6, 6.07) is 8.03. The van der Waals surface area contributed by atoms with Crippen molar-refractivity contribution in [1.82, 2.24) is 0 Å². The van der Waals surface area contributed by atoms with Crippen LogP contribution in [0.3, 0.4) is 0 Å². The van der Waals surface area contributed by atoms with Crippen LogP contribution >= 0.6 is 0 Å². The second-order valence-electron chi connectivity index (χ2n) is 3.56. The first-order valence-electron chi connectivity index (χ1n) is 5.48. The van der Waals surface area contributed by atoms with Crippen LogP contribution in [0.25, 0.3) is 0 Å². The molecule has 0 fully saturated rings. The first-order chi connectivity index (χ1) is 7.40. The molecule has 2 N–H and O–H groups in total. The predicted octanol–water partition coefficient (Wildman–Crippen LogP) is 0.770. The number of anilines is 1. The van der Waals surface area contributed by atoms with Crippen molar-refractivity contribution in [1.29, 1.82) is 0 Å². The van der Waals surface area contributed by atoms with Gasteiger partial charge in [0.1, 0.15) is 0 Å². The van der Waals surface area contributed by atoms with Gasteiger partial charge in [-0.05, 0) is 25.5 Å². The van der Waals surface area contributed by atoms with E-state index in [0.29, 0.717) is 6.61 Å². The predicted molar refractivity (Wildman–Crippen MR) is 61.3 cm³/mol. The first-order valence-corrected chi connectivity index (χ1v) is 5.48. The van der Waals surface area contributed by atoms with Gasteiger partial charge in [0.2, 0.25) is 5.84 Å². The number of benzene rings is 1. The molecule has 15 heavy (non-hydrogen) atoms. The lowest BCUT2D eigenvalue weighted by Crippen LogP contribution is -2.71. The molecule has 0 radical (unpaired) electrons. The standard InChI is InChI=1S/C12H16N2O/c1-2-15-11-7-4-3-6-10(11)14-12-8-5-9-13-12/h3-4,6-7H,2,5,8-9H2,1H3,(H,13,14)/p+1. The summed E-state index contributed by atoms with van der Waals surface area (Å²) in [5, 5.41) is 3.37. The molecule has 0 bridgehead atoms. The maximum absolute atomic E-state index is 5.54. The molecule has 1 aromatic rings. The van der Waals surface area contributed by atoms with Crippen LogP contribution in [0, 0.1) is 0 Å². The van der Waals surface area contributed by atoms with Gasteiger partial charge in [0.15, 0.2) is 11.4 Å². The fourth-order valence-electron chi connectivity index (χ4n) is 1.71. The Hall–Kier alpha value is -1.51. The van der Waals surface area contributed by atoms with Crippen molar-refractivity contribution in [2.45, 2.75) is 19.8 Å². The number of nitrogens with one attached hydrogen (secondary N) is 2. The summed E-state index contributed by atoms with van der Waals surface area (Å²) in [5.74, 6) is 2.11. The summed E-state index contributed by atoms with van der Waals surface area (Å²) >= 11 is 0. The van der Waals surface area contributed by atoms with Crippen molar-refractivity contribution in [3.63, 3.8) is 0 Å². The minimum Gasteiger partial charge on any atom is -0.489 e. The van der Waals surface area contributed by atoms with Gasteiger partial charge in [-0.3, -0.25) is 4.99 Å². The average Bonchev–Trinajstić information content (AvgIpc) is 2.74. The highest BCUT2D eigenvalue weighted by molar-refractivity contribution is 5.93. The average molecular weight is 205 g/mol. The smallest absolute Gasteiger partial charge is 0.247 e. The Labute approximate surface area is 90.2 Å². The third kappa shape index (κ3) is 2.49. The maximum Gasteiger partial charge on any atom is 0.247 e. The highest BCUT2D eigenvalue weighted by Gasteiger charge is 2.15. The van der Waals surface area contributed by atoms with Crippen LogP contribution in [-0.4, -0.2) is 19.0 Å². The monoisotopic (exact) mass is 205 g/mol. The summed E-state index contributed by atoms with van der Waals surface area (Å²) in [6.07, 6.45) is 2.31. The molecule has 1 aliphatic rings. The zero-order valence-corrected chi connectivity index (χ0v) is 9.05. The Morgan fingerprint density at radius 2 is 2.27 bits per heavy atom. The SMILES string of the molecule is CCOc1ccccc1NC1=[NH+]CCC1. The minimum absolute atomic E-state index is 0.696. The van der Waals surface area contributed by atoms with Gasteiger partial charge in [-0.25, -0.2) is 5.32 Å². The van der Waals surface area contributed by atoms with Crippen molar-refractivity contribution < 1.29 is 9.73 Å². The van der Waals surface area contributed by atoms with E-state index in [0.717, 1.165) is 24.4 Å². The van der Waals surface area contributed by atoms with Gasteiger partial charge in [0, 0.05) is 0 Å². The molecule has 2 rings (SSSR count). The molecule has 0 saturated carbocycles. The van der Waals surface area contributed by atoms with Gasteiger partial charge >= 0.3 is 0 Å². The van der Waals surface area contributed by atoms with E-state index in [1.54, 1.807) is 0 Å². The van der Waals surface area contributed by atoms with Crippen LogP contribution in [0.1, 0.15) is 19.8 Å². The molecule has 0 aromatic heterocycles. The Morgan fingerprint density at radius 3 is 3.00 bits per heavy atom. The lowest BCUT2D eigenvalue weighted by Gasteiger charge is -2.06. The summed E-state index contributed by atoms with van der Waals surface area (Å²) in [7, 11) is 0. The molecular formula is C12H17N2O+. The lowest BCUT2D eigenvalue weighted by molar-refractivity contribution is -0.447. The third-order valence-corrected chi connectivity index (χ3v) is 2.41. The largest absolute Gasteiger partial charge is 0.489 e. The van der Waals surface area contributed by atoms with Gasteiger partial charge in [0.05, 0.1) is 19.6 Å². The molecule has 1 heterocycles. The van der Waals surface area contributed by atoms with Crippen molar-refractivity contribution in [2.24, 2.45) is 0 Å². The van der Waals surface area contributed by atoms with Crippen molar-refractivity contribution in [3.05, 3.63) is 24.3 Å². The third-order valence-electron chi connectivity index (χ3n) is 2.41. The fraction of sp³-hybridized carbons (Fsp3) is 0.417. The number of hydrogen-bond acceptors (Lipinski definition) is 2. The second kappa shape index (κ2) is 4.82. The van der Waals surface area contributed by atoms with Gasteiger partial charge in [-0.2, -0.15) is 0 Å². The summed E-state index contributed by atoms with van der Waals surface area (Å²) in [5.41, 5.74) is 1.05. The van der Waals surface area contributed by atoms with Gasteiger partial charge in [0.25, 0.3) is 0 Å². The van der Waals surface area contributed by atoms with Crippen LogP contribution in [0.5, 0.6) is 5.75 Å². The molecule has 3 heteroatoms. The lowest BCUT2D eigenvalue weighted by atomic mass is 10.2. The molecule has 3 nitrogen and oxygen atoms in total. The molecule has 0 aliphatic carbocycles. The van der Waals surface area contributed by atoms with E-state index in [9.17, 15) is 0 Å². The van der Waals surface area contributed by atoms with E-state index in [1.807, 2.05) is 31.2 Å². The molecule has 0 amide bonds. The molecule has 0 unspecified atom stereocenters. The fourth-order valence-corrected chi connectivity index (χ4v) is 1.71. The highest BCUT2D eigenvalue weighted by Crippen LogP contribution is 2.23. The number of para-hydroxylation sites is 2. The molecule has 0 saturated heterocycles. The van der Waals surface area contributed by atoms with E-state index in [1.165, 1.54) is 12.3 Å². The minimum atomic E-state index is 0.696. The van der Waals surface area contributed by atoms with E-state index in [-0.39, 0.29) is 0 Å². The Balaban J connectivity index is 2.12. The van der Waals surface area contributed by atoms with Gasteiger partial charge in [-0.1, -0.05) is 12.1 Å². The van der Waals surface area contributed by atoms with Crippen molar-refractivity contribution in [3.8, 4) is 5.75 Å². The summed E-state index contributed by atoms with van der Waals surface area (Å²) in [4.78, 5) is 3.32. The zero-order valence-electron chi connectivity index (χ0n) is 9.05. The van der Waals surface area contributed by atoms with Crippen molar-refractivity contribution in [2.75, 3.05) is 18.5 Å². The number of ether oxygens (including phenoxy) is 1. The Kier molecular flexibility index (Phi) is 3.22. The number of amidine groups is 1. The quantitative estimate of drug-likeness (QED) is 0.764. The van der Waals surface area contributed by atoms with Crippen LogP contribution in [-0.2, 0) is 0 Å². The van der Waals surface area contributed by atoms with Crippen LogP contribution in [0.4, 0.5) is 5.69 Å². The molecule has 80 valence electrons. The van der Waals surface area contributed by atoms with Crippen LogP contribution in [0.2, 0.25) is 0 Å². The van der Waals surface area contributed by atoms with Crippen molar-refractivity contribution >= 4 is 11.5 Å². The van der Waals surface area contributed by atoms with Crippen LogP contribution in [0.15, 0.2) is 24.3 Å². The Morgan fingerprint density at radius 1 is 1.40 bits per heavy atom. The van der Waals surface area contributed by atoms with E-state index >= 15 is 0 Å². The second-order valence-corrected chi connectivity index (χ2v) is 3.56. The molecular weight excluding hydrogens is 188 g/mol. The van der Waals surface area contributed by atoms with Crippen LogP contribution < -0.4 is 15.0 Å². The topological polar surface area (TPSA) is 35.2 Å². The molecule has 0 spiro atoms. The normalized spacial score (nSPS) is 14.9. The first kappa shape index (κ1) is 10.0. The molecule has 1 aromatic carbocycles. The van der Waals surface area contributed by atoms with E-state index in [4.69, 9.17) is 4.74 Å². The molecule has 1 aliphatic heterocycles. The zero-order chi connectivity index (χ0) is 10.5. The van der Waals surface area contributed by atoms with Gasteiger partial charge < -0.3 is 4.74 Å². The summed E-state index contributed by atoms with van der Waals surface area (Å²) in [6.45, 7) is 3.76. The molecule has 0 atom stereocenters. The highest BCUT2D eigenvalue weighted by atomic mass is 16.5. The Bertz CT molecular complexity index is 360. The number of rotatable bonds is 3. The van der Waals surface area contributed by atoms with E-state index in [2.05, 4.69) is 10.3 Å². The van der Waals surface area contributed by atoms with Gasteiger partial charge in [-0.15, -0.1) is 0 Å². The van der Waals surface area contributed by atoms with E-state index < -0.39 is 0 Å².